The van der Waals surface area contributed by atoms with Gasteiger partial charge in [-0.2, -0.15) is 0 Å². The van der Waals surface area contributed by atoms with Gasteiger partial charge in [0, 0.05) is 36.2 Å². The Kier molecular flexibility index (Phi) is 5.00. The number of rotatable bonds is 3. The Morgan fingerprint density at radius 2 is 1.95 bits per heavy atom. The summed E-state index contributed by atoms with van der Waals surface area (Å²) in [5, 5.41) is 13.1. The van der Waals surface area contributed by atoms with Crippen LogP contribution in [0.2, 0.25) is 5.02 Å². The van der Waals surface area contributed by atoms with E-state index in [4.69, 9.17) is 11.6 Å². The van der Waals surface area contributed by atoms with E-state index in [1.165, 1.54) is 12.1 Å². The van der Waals surface area contributed by atoms with Crippen LogP contribution in [0.1, 0.15) is 11.6 Å². The SMILES string of the molecule is Oc1c(Cl)cc(Br)cc1[C@@H](C(F)F)N1CCNCC1. The van der Waals surface area contributed by atoms with E-state index >= 15 is 0 Å². The maximum atomic E-state index is 13.4. The highest BCUT2D eigenvalue weighted by Crippen LogP contribution is 2.39. The van der Waals surface area contributed by atoms with Crippen LogP contribution in [-0.2, 0) is 0 Å². The average molecular weight is 356 g/mol. The fraction of sp³-hybridized carbons (Fsp3) is 0.500. The summed E-state index contributed by atoms with van der Waals surface area (Å²) < 4.78 is 27.3. The number of phenols is 1. The van der Waals surface area contributed by atoms with Gasteiger partial charge in [-0.15, -0.1) is 0 Å². The molecule has 7 heteroatoms. The molecule has 0 saturated carbocycles. The smallest absolute Gasteiger partial charge is 0.258 e. The van der Waals surface area contributed by atoms with Gasteiger partial charge in [0.1, 0.15) is 11.8 Å². The first-order chi connectivity index (χ1) is 9.00. The first kappa shape index (κ1) is 15.0. The molecule has 0 spiro atoms. The molecule has 106 valence electrons. The molecule has 0 amide bonds. The molecule has 1 fully saturated rings. The van der Waals surface area contributed by atoms with Crippen LogP contribution >= 0.6 is 27.5 Å². The molecule has 1 aliphatic heterocycles. The normalized spacial score (nSPS) is 18.8. The van der Waals surface area contributed by atoms with Crippen molar-refractivity contribution in [2.45, 2.75) is 12.5 Å². The number of piperazine rings is 1. The average Bonchev–Trinajstić information content (AvgIpc) is 2.36. The molecule has 2 rings (SSSR count). The van der Waals surface area contributed by atoms with E-state index in [9.17, 15) is 13.9 Å². The standard InChI is InChI=1S/C12H14BrClF2N2O/c13-7-5-8(11(19)9(14)6-7)10(12(15)16)18-3-1-17-2-4-18/h5-6,10,12,17,19H,1-4H2/t10-/m0/s1. The number of phenolic OH excluding ortho intramolecular Hbond substituents is 1. The van der Waals surface area contributed by atoms with Crippen LogP contribution in [-0.4, -0.2) is 42.6 Å². The van der Waals surface area contributed by atoms with E-state index in [0.717, 1.165) is 0 Å². The van der Waals surface area contributed by atoms with Gasteiger partial charge >= 0.3 is 0 Å². The van der Waals surface area contributed by atoms with Crippen molar-refractivity contribution in [1.82, 2.24) is 10.2 Å². The highest BCUT2D eigenvalue weighted by atomic mass is 79.9. The van der Waals surface area contributed by atoms with Gasteiger partial charge in [0.2, 0.25) is 0 Å². The van der Waals surface area contributed by atoms with Crippen molar-refractivity contribution in [3.05, 3.63) is 27.2 Å². The van der Waals surface area contributed by atoms with Gasteiger partial charge in [0.05, 0.1) is 5.02 Å². The van der Waals surface area contributed by atoms with Crippen LogP contribution in [0.3, 0.4) is 0 Å². The van der Waals surface area contributed by atoms with Gasteiger partial charge in [0.15, 0.2) is 0 Å². The van der Waals surface area contributed by atoms with Crippen molar-refractivity contribution < 1.29 is 13.9 Å². The first-order valence-corrected chi connectivity index (χ1v) is 7.08. The van der Waals surface area contributed by atoms with Crippen LogP contribution in [0.15, 0.2) is 16.6 Å². The topological polar surface area (TPSA) is 35.5 Å². The second kappa shape index (κ2) is 6.35. The second-order valence-electron chi connectivity index (χ2n) is 4.39. The minimum Gasteiger partial charge on any atom is -0.506 e. The third kappa shape index (κ3) is 3.37. The van der Waals surface area contributed by atoms with Crippen LogP contribution in [0.4, 0.5) is 8.78 Å². The lowest BCUT2D eigenvalue weighted by atomic mass is 10.0. The van der Waals surface area contributed by atoms with E-state index in [0.29, 0.717) is 30.7 Å². The van der Waals surface area contributed by atoms with E-state index in [2.05, 4.69) is 21.2 Å². The minimum absolute atomic E-state index is 0.0742. The Balaban J connectivity index is 2.38. The van der Waals surface area contributed by atoms with Crippen LogP contribution in [0.5, 0.6) is 5.75 Å². The molecule has 0 unspecified atom stereocenters. The van der Waals surface area contributed by atoms with Crippen molar-refractivity contribution in [2.24, 2.45) is 0 Å². The van der Waals surface area contributed by atoms with Gasteiger partial charge in [-0.05, 0) is 12.1 Å². The fourth-order valence-corrected chi connectivity index (χ4v) is 3.10. The number of hydrogen-bond donors (Lipinski definition) is 2. The summed E-state index contributed by atoms with van der Waals surface area (Å²) in [6.07, 6.45) is -2.59. The first-order valence-electron chi connectivity index (χ1n) is 5.91. The summed E-state index contributed by atoms with van der Waals surface area (Å²) >= 11 is 9.07. The number of alkyl halides is 2. The van der Waals surface area contributed by atoms with Gasteiger partial charge < -0.3 is 10.4 Å². The number of benzene rings is 1. The largest absolute Gasteiger partial charge is 0.506 e. The summed E-state index contributed by atoms with van der Waals surface area (Å²) in [6.45, 7) is 2.34. The lowest BCUT2D eigenvalue weighted by Gasteiger charge is -2.35. The van der Waals surface area contributed by atoms with E-state index in [1.54, 1.807) is 4.90 Å². The molecule has 1 aromatic carbocycles. The van der Waals surface area contributed by atoms with Crippen molar-refractivity contribution in [1.29, 1.82) is 0 Å². The molecule has 3 nitrogen and oxygen atoms in total. The number of aromatic hydroxyl groups is 1. The van der Waals surface area contributed by atoms with E-state index < -0.39 is 12.5 Å². The lowest BCUT2D eigenvalue weighted by Crippen LogP contribution is -2.46. The zero-order valence-corrected chi connectivity index (χ0v) is 12.4. The lowest BCUT2D eigenvalue weighted by molar-refractivity contribution is 0.0170. The molecule has 1 aromatic rings. The monoisotopic (exact) mass is 354 g/mol. The Morgan fingerprint density at radius 3 is 2.53 bits per heavy atom. The summed E-state index contributed by atoms with van der Waals surface area (Å²) in [5.74, 6) is -0.270. The van der Waals surface area contributed by atoms with Gasteiger partial charge in [-0.1, -0.05) is 27.5 Å². The molecule has 1 atom stereocenters. The Hall–Kier alpha value is -0.430. The molecule has 0 bridgehead atoms. The van der Waals surface area contributed by atoms with Crippen LogP contribution < -0.4 is 5.32 Å². The number of nitrogens with zero attached hydrogens (tertiary/aromatic N) is 1. The molecule has 0 aliphatic carbocycles. The molecule has 1 saturated heterocycles. The van der Waals surface area contributed by atoms with Crippen LogP contribution in [0, 0.1) is 0 Å². The summed E-state index contributed by atoms with van der Waals surface area (Å²) in [5.41, 5.74) is 0.163. The summed E-state index contributed by atoms with van der Waals surface area (Å²) in [7, 11) is 0. The molecule has 2 N–H and O–H groups in total. The van der Waals surface area contributed by atoms with E-state index in [-0.39, 0.29) is 16.3 Å². The summed E-state index contributed by atoms with van der Waals surface area (Å²) in [6, 6.07) is 1.85. The maximum absolute atomic E-state index is 13.4. The molecular formula is C12H14BrClF2N2O. The van der Waals surface area contributed by atoms with Gasteiger partial charge in [0.25, 0.3) is 6.43 Å². The molecule has 19 heavy (non-hydrogen) atoms. The van der Waals surface area contributed by atoms with Crippen molar-refractivity contribution in [3.63, 3.8) is 0 Å². The molecule has 1 aliphatic rings. The quantitative estimate of drug-likeness (QED) is 0.875. The van der Waals surface area contributed by atoms with Crippen molar-refractivity contribution >= 4 is 27.5 Å². The molecule has 1 heterocycles. The highest BCUT2D eigenvalue weighted by molar-refractivity contribution is 9.10. The predicted octanol–water partition coefficient (Wildman–Crippen LogP) is 3.02. The van der Waals surface area contributed by atoms with Crippen LogP contribution in [0.25, 0.3) is 0 Å². The third-order valence-electron chi connectivity index (χ3n) is 3.16. The molecule has 0 radical (unpaired) electrons. The number of halogens is 4. The van der Waals surface area contributed by atoms with Crippen molar-refractivity contribution in [3.8, 4) is 5.75 Å². The second-order valence-corrected chi connectivity index (χ2v) is 5.71. The van der Waals surface area contributed by atoms with Gasteiger partial charge in [-0.3, -0.25) is 4.90 Å². The van der Waals surface area contributed by atoms with Gasteiger partial charge in [-0.25, -0.2) is 8.78 Å². The minimum atomic E-state index is -2.59. The highest BCUT2D eigenvalue weighted by Gasteiger charge is 2.32. The predicted molar refractivity (Wildman–Crippen MR) is 74.0 cm³/mol. The Bertz CT molecular complexity index is 456. The van der Waals surface area contributed by atoms with E-state index in [1.807, 2.05) is 0 Å². The third-order valence-corrected chi connectivity index (χ3v) is 3.91. The number of hydrogen-bond acceptors (Lipinski definition) is 3. The summed E-state index contributed by atoms with van der Waals surface area (Å²) in [4.78, 5) is 1.67. The fourth-order valence-electron chi connectivity index (χ4n) is 2.26. The molecule has 0 aromatic heterocycles. The molecular weight excluding hydrogens is 341 g/mol. The zero-order valence-electron chi connectivity index (χ0n) is 10.0. The number of nitrogens with one attached hydrogen (secondary N) is 1. The van der Waals surface area contributed by atoms with Crippen molar-refractivity contribution in [2.75, 3.05) is 26.2 Å². The Labute approximate surface area is 123 Å². The Morgan fingerprint density at radius 1 is 1.32 bits per heavy atom. The maximum Gasteiger partial charge on any atom is 0.258 e. The zero-order chi connectivity index (χ0) is 14.0.